The van der Waals surface area contributed by atoms with Crippen molar-refractivity contribution in [1.29, 1.82) is 0 Å². The average Bonchev–Trinajstić information content (AvgIpc) is 2.88. The van der Waals surface area contributed by atoms with Crippen molar-refractivity contribution in [3.05, 3.63) is 59.2 Å². The number of nitrogens with one attached hydrogen (secondary N) is 2. The number of allylic oxidation sites excluding steroid dienone is 1. The highest BCUT2D eigenvalue weighted by molar-refractivity contribution is 6.05. The van der Waals surface area contributed by atoms with Gasteiger partial charge in [-0.1, -0.05) is 12.1 Å². The van der Waals surface area contributed by atoms with Gasteiger partial charge in [0.25, 0.3) is 0 Å². The SMILES string of the molecule is O=C(/C=C1\CCCOc2cc(C(F)(F)F)ccc21)Nc1ccc2c(c1)NC(=O)OC2. The molecular formula is C21H17F3N2O4. The first-order chi connectivity index (χ1) is 14.3. The van der Waals surface area contributed by atoms with Crippen molar-refractivity contribution < 1.29 is 32.2 Å². The van der Waals surface area contributed by atoms with Crippen LogP contribution in [0.1, 0.15) is 29.5 Å². The Morgan fingerprint density at radius 1 is 1.13 bits per heavy atom. The van der Waals surface area contributed by atoms with Crippen LogP contribution in [0.4, 0.5) is 29.3 Å². The van der Waals surface area contributed by atoms with Crippen LogP contribution in [-0.2, 0) is 22.3 Å². The number of amides is 2. The maximum absolute atomic E-state index is 13.0. The number of cyclic esters (lactones) is 1. The normalized spacial score (nSPS) is 17.0. The van der Waals surface area contributed by atoms with Crippen molar-refractivity contribution in [3.8, 4) is 5.75 Å². The van der Waals surface area contributed by atoms with Gasteiger partial charge in [-0.15, -0.1) is 0 Å². The zero-order valence-electron chi connectivity index (χ0n) is 15.6. The number of carbonyl (C=O) groups is 2. The number of fused-ring (bicyclic) bond motifs is 2. The second-order valence-corrected chi connectivity index (χ2v) is 6.89. The van der Waals surface area contributed by atoms with E-state index >= 15 is 0 Å². The Morgan fingerprint density at radius 3 is 2.77 bits per heavy atom. The zero-order chi connectivity index (χ0) is 21.3. The molecule has 2 amide bonds. The van der Waals surface area contributed by atoms with Gasteiger partial charge in [0.05, 0.1) is 17.9 Å². The molecule has 0 aromatic heterocycles. The molecule has 0 atom stereocenters. The number of halogens is 3. The molecule has 0 radical (unpaired) electrons. The van der Waals surface area contributed by atoms with Crippen LogP contribution in [0.2, 0.25) is 0 Å². The average molecular weight is 418 g/mol. The fourth-order valence-corrected chi connectivity index (χ4v) is 3.34. The third kappa shape index (κ3) is 4.24. The summed E-state index contributed by atoms with van der Waals surface area (Å²) in [6.45, 7) is 0.413. The third-order valence-electron chi connectivity index (χ3n) is 4.78. The van der Waals surface area contributed by atoms with E-state index in [9.17, 15) is 22.8 Å². The fourth-order valence-electron chi connectivity index (χ4n) is 3.34. The molecule has 0 bridgehead atoms. The lowest BCUT2D eigenvalue weighted by molar-refractivity contribution is -0.137. The summed E-state index contributed by atoms with van der Waals surface area (Å²) in [4.78, 5) is 23.9. The lowest BCUT2D eigenvalue weighted by Gasteiger charge is -2.18. The summed E-state index contributed by atoms with van der Waals surface area (Å²) in [5, 5.41) is 5.27. The van der Waals surface area contributed by atoms with Crippen LogP contribution in [0.15, 0.2) is 42.5 Å². The maximum atomic E-state index is 13.0. The number of alkyl halides is 3. The summed E-state index contributed by atoms with van der Waals surface area (Å²) in [7, 11) is 0. The highest BCUT2D eigenvalue weighted by atomic mass is 19.4. The van der Waals surface area contributed by atoms with Crippen molar-refractivity contribution in [3.63, 3.8) is 0 Å². The molecule has 6 nitrogen and oxygen atoms in total. The summed E-state index contributed by atoms with van der Waals surface area (Å²) in [5.74, 6) is -0.325. The zero-order valence-corrected chi connectivity index (χ0v) is 15.6. The lowest BCUT2D eigenvalue weighted by atomic mass is 9.99. The highest BCUT2D eigenvalue weighted by Crippen LogP contribution is 2.38. The lowest BCUT2D eigenvalue weighted by Crippen LogP contribution is -2.20. The number of benzene rings is 2. The van der Waals surface area contributed by atoms with Crippen LogP contribution in [0, 0.1) is 0 Å². The van der Waals surface area contributed by atoms with Crippen molar-refractivity contribution >= 4 is 28.9 Å². The molecule has 9 heteroatoms. The summed E-state index contributed by atoms with van der Waals surface area (Å²) >= 11 is 0. The molecule has 156 valence electrons. The van der Waals surface area contributed by atoms with Crippen LogP contribution in [0.25, 0.3) is 5.57 Å². The summed E-state index contributed by atoms with van der Waals surface area (Å²) in [5.41, 5.74) is 2.05. The van der Waals surface area contributed by atoms with Crippen molar-refractivity contribution in [2.45, 2.75) is 25.6 Å². The molecule has 0 aliphatic carbocycles. The van der Waals surface area contributed by atoms with E-state index in [4.69, 9.17) is 9.47 Å². The van der Waals surface area contributed by atoms with Gasteiger partial charge in [-0.05, 0) is 42.7 Å². The number of ether oxygens (including phenoxy) is 2. The van der Waals surface area contributed by atoms with Gasteiger partial charge in [0.1, 0.15) is 12.4 Å². The van der Waals surface area contributed by atoms with E-state index in [1.807, 2.05) is 0 Å². The Balaban J connectivity index is 1.57. The van der Waals surface area contributed by atoms with E-state index < -0.39 is 23.7 Å². The van der Waals surface area contributed by atoms with E-state index in [-0.39, 0.29) is 19.0 Å². The van der Waals surface area contributed by atoms with E-state index in [1.54, 1.807) is 18.2 Å². The highest BCUT2D eigenvalue weighted by Gasteiger charge is 2.32. The van der Waals surface area contributed by atoms with Gasteiger partial charge in [-0.2, -0.15) is 13.2 Å². The molecule has 2 aromatic rings. The Kier molecular flexibility index (Phi) is 5.11. The van der Waals surface area contributed by atoms with Gasteiger partial charge >= 0.3 is 12.3 Å². The first-order valence-corrected chi connectivity index (χ1v) is 9.22. The molecule has 0 spiro atoms. The Morgan fingerprint density at radius 2 is 1.97 bits per heavy atom. The maximum Gasteiger partial charge on any atom is 0.416 e. The van der Waals surface area contributed by atoms with Gasteiger partial charge in [-0.25, -0.2) is 4.79 Å². The molecule has 4 rings (SSSR count). The Hall–Kier alpha value is -3.49. The smallest absolute Gasteiger partial charge is 0.416 e. The molecule has 2 aliphatic heterocycles. The topological polar surface area (TPSA) is 76.7 Å². The Labute approximate surface area is 169 Å². The standard InChI is InChI=1S/C21H17F3N2O4/c22-21(23,24)14-4-6-16-12(2-1-7-29-18(16)9-14)8-19(27)25-15-5-3-13-11-30-20(28)26-17(13)10-15/h3-6,8-10H,1-2,7,11H2,(H,25,27)(H,26,28)/b12-8+. The minimum Gasteiger partial charge on any atom is -0.493 e. The molecular weight excluding hydrogens is 401 g/mol. The van der Waals surface area contributed by atoms with E-state index in [1.165, 1.54) is 12.1 Å². The molecule has 0 saturated carbocycles. The van der Waals surface area contributed by atoms with Gasteiger partial charge < -0.3 is 14.8 Å². The molecule has 0 saturated heterocycles. The van der Waals surface area contributed by atoms with Crippen LogP contribution in [-0.4, -0.2) is 18.6 Å². The number of hydrogen-bond donors (Lipinski definition) is 2. The van der Waals surface area contributed by atoms with Gasteiger partial charge in [0.15, 0.2) is 0 Å². The summed E-state index contributed by atoms with van der Waals surface area (Å²) in [6.07, 6.45) is -2.62. The molecule has 2 N–H and O–H groups in total. The monoisotopic (exact) mass is 418 g/mol. The minimum absolute atomic E-state index is 0.109. The number of anilines is 2. The Bertz CT molecular complexity index is 1050. The molecule has 2 heterocycles. The molecule has 30 heavy (non-hydrogen) atoms. The van der Waals surface area contributed by atoms with E-state index in [2.05, 4.69) is 10.6 Å². The summed E-state index contributed by atoms with van der Waals surface area (Å²) < 4.78 is 49.3. The third-order valence-corrected chi connectivity index (χ3v) is 4.78. The first-order valence-electron chi connectivity index (χ1n) is 9.22. The van der Waals surface area contributed by atoms with Crippen molar-refractivity contribution in [2.24, 2.45) is 0 Å². The van der Waals surface area contributed by atoms with Crippen LogP contribution < -0.4 is 15.4 Å². The van der Waals surface area contributed by atoms with E-state index in [0.29, 0.717) is 35.4 Å². The molecule has 2 aliphatic rings. The van der Waals surface area contributed by atoms with Crippen LogP contribution >= 0.6 is 0 Å². The predicted octanol–water partition coefficient (Wildman–Crippen LogP) is 4.96. The quantitative estimate of drug-likeness (QED) is 0.676. The molecule has 0 fully saturated rings. The number of rotatable bonds is 2. The van der Waals surface area contributed by atoms with Gasteiger partial charge in [0, 0.05) is 22.9 Å². The second kappa shape index (κ2) is 7.74. The van der Waals surface area contributed by atoms with Crippen LogP contribution in [0.5, 0.6) is 5.75 Å². The number of carbonyl (C=O) groups excluding carboxylic acids is 2. The van der Waals surface area contributed by atoms with Crippen LogP contribution in [0.3, 0.4) is 0 Å². The number of hydrogen-bond acceptors (Lipinski definition) is 4. The largest absolute Gasteiger partial charge is 0.493 e. The van der Waals surface area contributed by atoms with Crippen molar-refractivity contribution in [2.75, 3.05) is 17.2 Å². The second-order valence-electron chi connectivity index (χ2n) is 6.89. The molecule has 0 unspecified atom stereocenters. The van der Waals surface area contributed by atoms with Crippen molar-refractivity contribution in [1.82, 2.24) is 0 Å². The fraction of sp³-hybridized carbons (Fsp3) is 0.238. The predicted molar refractivity (Wildman–Crippen MR) is 103 cm³/mol. The van der Waals surface area contributed by atoms with E-state index in [0.717, 1.165) is 17.7 Å². The minimum atomic E-state index is -4.47. The van der Waals surface area contributed by atoms with Gasteiger partial charge in [0.2, 0.25) is 5.91 Å². The van der Waals surface area contributed by atoms with Gasteiger partial charge in [-0.3, -0.25) is 10.1 Å². The summed E-state index contributed by atoms with van der Waals surface area (Å²) in [6, 6.07) is 8.29. The first kappa shape index (κ1) is 19.8. The molecule has 2 aromatic carbocycles.